The van der Waals surface area contributed by atoms with Gasteiger partial charge in [0.05, 0.1) is 0 Å². The van der Waals surface area contributed by atoms with Crippen molar-refractivity contribution in [2.45, 2.75) is 38.6 Å². The molecule has 0 bridgehead atoms. The van der Waals surface area contributed by atoms with Crippen LogP contribution in [0.2, 0.25) is 0 Å². The second kappa shape index (κ2) is 5.81. The lowest BCUT2D eigenvalue weighted by Crippen LogP contribution is -2.48. The summed E-state index contributed by atoms with van der Waals surface area (Å²) in [6.07, 6.45) is 0. The van der Waals surface area contributed by atoms with E-state index >= 15 is 0 Å². The minimum atomic E-state index is -0.213. The molecule has 0 amide bonds. The Balaban J connectivity index is 2.63. The molecule has 0 saturated heterocycles. The number of rotatable bonds is 6. The van der Waals surface area contributed by atoms with Crippen LogP contribution >= 0.6 is 0 Å². The van der Waals surface area contributed by atoms with Crippen LogP contribution in [-0.4, -0.2) is 25.7 Å². The van der Waals surface area contributed by atoms with Crippen molar-refractivity contribution < 1.29 is 4.39 Å². The lowest BCUT2D eigenvalue weighted by Gasteiger charge is -2.30. The van der Waals surface area contributed by atoms with Crippen molar-refractivity contribution in [3.63, 3.8) is 0 Å². The average molecular weight is 252 g/mol. The van der Waals surface area contributed by atoms with Gasteiger partial charge < -0.3 is 10.6 Å². The number of halogens is 1. The van der Waals surface area contributed by atoms with Crippen LogP contribution in [0.4, 0.5) is 4.39 Å². The van der Waals surface area contributed by atoms with Gasteiger partial charge in [-0.2, -0.15) is 0 Å². The zero-order valence-corrected chi connectivity index (χ0v) is 12.1. The molecular formula is C15H25FN2. The quantitative estimate of drug-likeness (QED) is 0.813. The van der Waals surface area contributed by atoms with Gasteiger partial charge >= 0.3 is 0 Å². The van der Waals surface area contributed by atoms with Crippen LogP contribution in [-0.2, 0) is 5.41 Å². The van der Waals surface area contributed by atoms with E-state index in [2.05, 4.69) is 38.3 Å². The molecule has 0 unspecified atom stereocenters. The molecule has 2 nitrogen and oxygen atoms in total. The maximum atomic E-state index is 13.8. The first-order chi connectivity index (χ1) is 8.28. The minimum absolute atomic E-state index is 0.0469. The van der Waals surface area contributed by atoms with Crippen LogP contribution in [0.3, 0.4) is 0 Å². The fraction of sp³-hybridized carbons (Fsp3) is 0.600. The van der Waals surface area contributed by atoms with Crippen LogP contribution < -0.4 is 10.6 Å². The van der Waals surface area contributed by atoms with Crippen molar-refractivity contribution >= 4 is 0 Å². The number of benzene rings is 1. The summed E-state index contributed by atoms with van der Waals surface area (Å²) in [5, 5.41) is 6.66. The van der Waals surface area contributed by atoms with E-state index in [1.54, 1.807) is 6.07 Å². The third kappa shape index (κ3) is 4.07. The van der Waals surface area contributed by atoms with Gasteiger partial charge in [0.2, 0.25) is 0 Å². The number of nitrogens with one attached hydrogen (secondary N) is 2. The number of hydrogen-bond donors (Lipinski definition) is 2. The summed E-state index contributed by atoms with van der Waals surface area (Å²) in [6, 6.07) is 7.00. The molecule has 0 fully saturated rings. The molecule has 0 aliphatic rings. The average Bonchev–Trinajstić information content (AvgIpc) is 2.29. The second-order valence-electron chi connectivity index (χ2n) is 6.10. The normalized spacial score (nSPS) is 12.8. The van der Waals surface area contributed by atoms with E-state index in [1.165, 1.54) is 6.07 Å². The summed E-state index contributed by atoms with van der Waals surface area (Å²) in [6.45, 7) is 9.99. The van der Waals surface area contributed by atoms with Gasteiger partial charge in [-0.1, -0.05) is 32.0 Å². The first-order valence-electron chi connectivity index (χ1n) is 6.43. The summed E-state index contributed by atoms with van der Waals surface area (Å²) >= 11 is 0. The van der Waals surface area contributed by atoms with Crippen molar-refractivity contribution in [3.05, 3.63) is 35.6 Å². The first-order valence-corrected chi connectivity index (χ1v) is 6.43. The van der Waals surface area contributed by atoms with Gasteiger partial charge in [-0.3, -0.25) is 0 Å². The Hall–Kier alpha value is -0.930. The molecular weight excluding hydrogens is 227 g/mol. The first kappa shape index (κ1) is 15.1. The lowest BCUT2D eigenvalue weighted by molar-refractivity contribution is 0.363. The summed E-state index contributed by atoms with van der Waals surface area (Å²) in [7, 11) is 1.95. The second-order valence-corrected chi connectivity index (χ2v) is 6.10. The summed E-state index contributed by atoms with van der Waals surface area (Å²) < 4.78 is 13.8. The van der Waals surface area contributed by atoms with Gasteiger partial charge in [0.1, 0.15) is 5.82 Å². The highest BCUT2D eigenvalue weighted by Gasteiger charge is 2.24. The van der Waals surface area contributed by atoms with Gasteiger partial charge in [-0.05, 0) is 32.5 Å². The molecule has 2 N–H and O–H groups in total. The Morgan fingerprint density at radius 3 is 2.22 bits per heavy atom. The third-order valence-electron chi connectivity index (χ3n) is 3.41. The smallest absolute Gasteiger partial charge is 0.126 e. The minimum Gasteiger partial charge on any atom is -0.314 e. The molecule has 0 spiro atoms. The molecule has 0 radical (unpaired) electrons. The molecule has 0 aliphatic carbocycles. The largest absolute Gasteiger partial charge is 0.314 e. The molecule has 1 aromatic carbocycles. The predicted molar refractivity (Wildman–Crippen MR) is 75.4 cm³/mol. The Morgan fingerprint density at radius 1 is 1.06 bits per heavy atom. The highest BCUT2D eigenvalue weighted by Crippen LogP contribution is 2.24. The fourth-order valence-electron chi connectivity index (χ4n) is 1.88. The van der Waals surface area contributed by atoms with Gasteiger partial charge in [-0.15, -0.1) is 0 Å². The molecule has 1 aromatic rings. The van der Waals surface area contributed by atoms with Crippen molar-refractivity contribution in [1.29, 1.82) is 0 Å². The lowest BCUT2D eigenvalue weighted by atomic mass is 9.84. The van der Waals surface area contributed by atoms with Crippen molar-refractivity contribution in [1.82, 2.24) is 10.6 Å². The van der Waals surface area contributed by atoms with E-state index in [0.29, 0.717) is 0 Å². The van der Waals surface area contributed by atoms with Gasteiger partial charge in [-0.25, -0.2) is 4.39 Å². The van der Waals surface area contributed by atoms with E-state index in [9.17, 15) is 4.39 Å². The van der Waals surface area contributed by atoms with Crippen LogP contribution in [0.5, 0.6) is 0 Å². The van der Waals surface area contributed by atoms with E-state index in [4.69, 9.17) is 0 Å². The van der Waals surface area contributed by atoms with Gasteiger partial charge in [0.25, 0.3) is 0 Å². The Bertz CT molecular complexity index is 386. The van der Waals surface area contributed by atoms with Crippen molar-refractivity contribution in [2.75, 3.05) is 20.1 Å². The molecule has 3 heteroatoms. The Kier molecular flexibility index (Phi) is 4.88. The van der Waals surface area contributed by atoms with Crippen molar-refractivity contribution in [3.8, 4) is 0 Å². The van der Waals surface area contributed by atoms with Crippen LogP contribution in [0.25, 0.3) is 0 Å². The van der Waals surface area contributed by atoms with Crippen LogP contribution in [0, 0.1) is 5.82 Å². The molecule has 0 heterocycles. The zero-order valence-electron chi connectivity index (χ0n) is 12.1. The number of hydrogen-bond acceptors (Lipinski definition) is 2. The molecule has 0 aliphatic heterocycles. The standard InChI is InChI=1S/C15H25FN2/c1-14(2,10-18-11-15(3,4)17-5)12-8-6-7-9-13(12)16/h6-9,17-18H,10-11H2,1-5H3. The van der Waals surface area contributed by atoms with E-state index in [0.717, 1.165) is 18.7 Å². The topological polar surface area (TPSA) is 24.1 Å². The highest BCUT2D eigenvalue weighted by molar-refractivity contribution is 5.25. The fourth-order valence-corrected chi connectivity index (χ4v) is 1.88. The maximum Gasteiger partial charge on any atom is 0.126 e. The Labute approximate surface area is 110 Å². The Morgan fingerprint density at radius 2 is 1.67 bits per heavy atom. The van der Waals surface area contributed by atoms with Crippen molar-refractivity contribution in [2.24, 2.45) is 0 Å². The van der Waals surface area contributed by atoms with E-state index < -0.39 is 0 Å². The summed E-state index contributed by atoms with van der Waals surface area (Å²) in [5.74, 6) is -0.128. The van der Waals surface area contributed by atoms with Crippen LogP contribution in [0.1, 0.15) is 33.3 Å². The molecule has 0 saturated carbocycles. The van der Waals surface area contributed by atoms with Crippen LogP contribution in [0.15, 0.2) is 24.3 Å². The predicted octanol–water partition coefficient (Wildman–Crippen LogP) is 2.69. The number of likely N-dealkylation sites (N-methyl/N-ethyl adjacent to an activating group) is 1. The zero-order chi connectivity index (χ0) is 13.8. The molecule has 18 heavy (non-hydrogen) atoms. The monoisotopic (exact) mass is 252 g/mol. The molecule has 0 atom stereocenters. The highest BCUT2D eigenvalue weighted by atomic mass is 19.1. The van der Waals surface area contributed by atoms with E-state index in [-0.39, 0.29) is 16.8 Å². The summed E-state index contributed by atoms with van der Waals surface area (Å²) in [4.78, 5) is 0. The third-order valence-corrected chi connectivity index (χ3v) is 3.41. The molecule has 1 rings (SSSR count). The van der Waals surface area contributed by atoms with Gasteiger partial charge in [0, 0.05) is 24.0 Å². The summed E-state index contributed by atoms with van der Waals surface area (Å²) in [5.41, 5.74) is 0.597. The maximum absolute atomic E-state index is 13.8. The van der Waals surface area contributed by atoms with Gasteiger partial charge in [0.15, 0.2) is 0 Å². The SMILES string of the molecule is CNC(C)(C)CNCC(C)(C)c1ccccc1F. The molecule has 102 valence electrons. The van der Waals surface area contributed by atoms with E-state index in [1.807, 2.05) is 19.2 Å². The molecule has 0 aromatic heterocycles.